The van der Waals surface area contributed by atoms with E-state index in [0.717, 1.165) is 11.4 Å². The highest BCUT2D eigenvalue weighted by atomic mass is 16.6. The number of aryl methyl sites for hydroxylation is 6. The molecule has 0 spiro atoms. The third-order valence-electron chi connectivity index (χ3n) is 8.52. The number of carbonyl (C=O) groups excluding carboxylic acids is 1. The molecule has 0 saturated heterocycles. The molecule has 0 saturated carbocycles. The van der Waals surface area contributed by atoms with Crippen LogP contribution < -0.4 is 28.6 Å². The van der Waals surface area contributed by atoms with Crippen LogP contribution in [0.5, 0.6) is 5.75 Å². The van der Waals surface area contributed by atoms with E-state index in [9.17, 15) is 24.8 Å². The predicted octanol–water partition coefficient (Wildman–Crippen LogP) is 7.75. The molecule has 0 atom stereocenters. The molecule has 0 aliphatic heterocycles. The number of aliphatic hydroxyl groups excluding tert-OH is 2. The number of fused-ring (bicyclic) bond motifs is 1. The summed E-state index contributed by atoms with van der Waals surface area (Å²) in [7, 11) is 9.34. The van der Waals surface area contributed by atoms with Crippen molar-refractivity contribution in [1.82, 2.24) is 0 Å². The minimum Gasteiger partial charge on any atom is -0.502 e. The van der Waals surface area contributed by atoms with Crippen LogP contribution in [0.25, 0.3) is 10.9 Å². The van der Waals surface area contributed by atoms with Gasteiger partial charge in [-0.15, -0.1) is 0 Å². The van der Waals surface area contributed by atoms with E-state index in [4.69, 9.17) is 21.1 Å². The number of carboxylic acids is 1. The minimum absolute atomic E-state index is 0. The Kier molecular flexibility index (Phi) is 42.8. The van der Waals surface area contributed by atoms with Gasteiger partial charge in [-0.25, -0.2) is 27.6 Å². The molecule has 1 aromatic carbocycles. The summed E-state index contributed by atoms with van der Waals surface area (Å²) >= 11 is 0. The number of hydrogen-bond donors (Lipinski definition) is 5. The van der Waals surface area contributed by atoms with Crippen molar-refractivity contribution in [3.8, 4) is 5.75 Å². The van der Waals surface area contributed by atoms with Crippen molar-refractivity contribution in [3.05, 3.63) is 159 Å². The van der Waals surface area contributed by atoms with E-state index >= 15 is 0 Å². The second-order valence-electron chi connectivity index (χ2n) is 12.7. The number of nitrogens with zero attached hydrogens (tertiary/aromatic N) is 6. The number of pyridine rings is 5. The van der Waals surface area contributed by atoms with Gasteiger partial charge in [0.2, 0.25) is 11.2 Å². The zero-order valence-corrected chi connectivity index (χ0v) is 33.0. The van der Waals surface area contributed by atoms with E-state index < -0.39 is 11.9 Å². The zero-order valence-electron chi connectivity index (χ0n) is 33.0. The highest BCUT2D eigenvalue weighted by Gasteiger charge is 2.17. The van der Waals surface area contributed by atoms with Gasteiger partial charge in [-0.3, -0.25) is 14.9 Å². The molecule has 6 N–H and O–H groups in total. The summed E-state index contributed by atoms with van der Waals surface area (Å²) in [6.45, 7) is 5.00. The molecule has 6 aromatic rings. The van der Waals surface area contributed by atoms with E-state index in [1.165, 1.54) is 10.9 Å². The first-order valence-electron chi connectivity index (χ1n) is 17.2. The molecule has 15 nitrogen and oxygen atoms in total. The normalized spacial score (nSPS) is 8.52. The summed E-state index contributed by atoms with van der Waals surface area (Å²) in [4.78, 5) is 30.9. The van der Waals surface area contributed by atoms with Gasteiger partial charge in [0, 0.05) is 56.0 Å². The van der Waals surface area contributed by atoms with Crippen LogP contribution in [-0.2, 0) is 48.5 Å². The minimum atomic E-state index is -0.892. The number of aromatic carboxylic acids is 1. The van der Waals surface area contributed by atoms with Crippen LogP contribution >= 0.6 is 0 Å². The summed E-state index contributed by atoms with van der Waals surface area (Å²) in [5.41, 5.74) is 10.7. The van der Waals surface area contributed by atoms with E-state index in [1.54, 1.807) is 95.9 Å². The standard InChI is InChI=1S/C10H10N.C9H13NO3.C8H11N2O2.C7H8N2O.C7H7NO2.9CH4/c1-11-8-4-6-9-5-2-3-7-10(9)11;1-6-9(13)8(5-12)7(4-11)3-10(6)2;1-6-4-8(10(11)12)5-7(2)9(6)3;1-9-4-2-3-6(5-9)7(8)10;1-8-4-2-3-6(5-8)7(9)10;;;;;;;;;/h2-8H,1H3;3,11-12H,4-5H2,1-2H3;4-5H,1-3H3;2-5H,1H3,(H-,8,10);2-5H,1H3;9*1H4/q+1;;+1;;;;;;;;;;;/p+3. The molecule has 1 amide bonds. The monoisotopic (exact) mass is 915 g/mol. The van der Waals surface area contributed by atoms with Crippen molar-refractivity contribution in [3.63, 3.8) is 0 Å². The Morgan fingerprint density at radius 2 is 1.09 bits per heavy atom. The quantitative estimate of drug-likeness (QED) is 0.0656. The number of amides is 1. The lowest BCUT2D eigenvalue weighted by Gasteiger charge is -2.07. The van der Waals surface area contributed by atoms with Crippen LogP contribution in [-0.4, -0.2) is 37.2 Å². The topological polar surface area (TPSA) is 204 Å². The molecule has 5 heterocycles. The molecule has 15 heteroatoms. The molecule has 0 radical (unpaired) electrons. The number of benzene rings is 1. The van der Waals surface area contributed by atoms with Crippen molar-refractivity contribution >= 4 is 28.5 Å². The summed E-state index contributed by atoms with van der Waals surface area (Å²) in [5, 5.41) is 47.7. The average Bonchev–Trinajstić information content (AvgIpc) is 3.17. The number of nitrogens with two attached hydrogens (primary N) is 1. The van der Waals surface area contributed by atoms with Crippen LogP contribution in [0.2, 0.25) is 0 Å². The third-order valence-corrected chi connectivity index (χ3v) is 8.52. The largest absolute Gasteiger partial charge is 0.502 e. The number of nitro groups is 1. The van der Waals surface area contributed by atoms with Crippen molar-refractivity contribution < 1.29 is 57.8 Å². The van der Waals surface area contributed by atoms with Gasteiger partial charge >= 0.3 is 5.97 Å². The Bertz CT molecular complexity index is 2220. The lowest BCUT2D eigenvalue weighted by molar-refractivity contribution is -0.684. The second kappa shape index (κ2) is 36.7. The van der Waals surface area contributed by atoms with Gasteiger partial charge in [-0.2, -0.15) is 0 Å². The maximum Gasteiger partial charge on any atom is 0.341 e. The van der Waals surface area contributed by atoms with E-state index in [2.05, 4.69) is 54.2 Å². The predicted molar refractivity (Wildman–Crippen MR) is 266 cm³/mol. The number of primary amides is 1. The lowest BCUT2D eigenvalue weighted by Crippen LogP contribution is -2.35. The van der Waals surface area contributed by atoms with Gasteiger partial charge in [0.1, 0.15) is 46.4 Å². The number of carbonyl (C=O) groups is 2. The number of aromatic nitrogens is 5. The number of carboxylic acid groups (broad SMARTS) is 1. The van der Waals surface area contributed by atoms with Crippen molar-refractivity contribution in [1.29, 1.82) is 0 Å². The van der Waals surface area contributed by atoms with Gasteiger partial charge in [0.25, 0.3) is 11.6 Å². The van der Waals surface area contributed by atoms with E-state index in [0.29, 0.717) is 27.9 Å². The molecule has 366 valence electrons. The Balaban J connectivity index is -0.000000101. The van der Waals surface area contributed by atoms with E-state index in [-0.39, 0.29) is 96.4 Å². The molecule has 5 aromatic heterocycles. The van der Waals surface area contributed by atoms with Crippen molar-refractivity contribution in [2.45, 2.75) is 101 Å². The summed E-state index contributed by atoms with van der Waals surface area (Å²) in [6, 6.07) is 22.4. The molecular formula is C50H88N7O8+5. The molecule has 0 bridgehead atoms. The molecule has 6 rings (SSSR count). The van der Waals surface area contributed by atoms with Gasteiger partial charge in [-0.05, 0) is 24.3 Å². The Labute approximate surface area is 392 Å². The molecule has 0 unspecified atom stereocenters. The van der Waals surface area contributed by atoms with Crippen LogP contribution in [0.4, 0.5) is 5.69 Å². The molecule has 65 heavy (non-hydrogen) atoms. The van der Waals surface area contributed by atoms with Crippen LogP contribution in [0.15, 0.2) is 110 Å². The highest BCUT2D eigenvalue weighted by molar-refractivity contribution is 5.92. The Hall–Kier alpha value is -6.71. The molecule has 0 fully saturated rings. The third kappa shape index (κ3) is 23.5. The Morgan fingerprint density at radius 1 is 0.646 bits per heavy atom. The van der Waals surface area contributed by atoms with Gasteiger partial charge < -0.3 is 26.2 Å². The molecule has 0 aliphatic carbocycles. The lowest BCUT2D eigenvalue weighted by atomic mass is 10.1. The summed E-state index contributed by atoms with van der Waals surface area (Å²) < 4.78 is 9.21. The van der Waals surface area contributed by atoms with Gasteiger partial charge in [-0.1, -0.05) is 79.0 Å². The smallest absolute Gasteiger partial charge is 0.341 e. The number of para-hydroxylation sites is 1. The van der Waals surface area contributed by atoms with Crippen molar-refractivity contribution in [2.75, 3.05) is 0 Å². The first-order chi connectivity index (χ1) is 26.4. The molecular weight excluding hydrogens is 827 g/mol. The summed E-state index contributed by atoms with van der Waals surface area (Å²) in [6.07, 6.45) is 10.6. The fraction of sp³-hybridized carbons (Fsp3) is 0.380. The number of hydrogen-bond acceptors (Lipinski definition) is 7. The highest BCUT2D eigenvalue weighted by Crippen LogP contribution is 2.22. The van der Waals surface area contributed by atoms with Crippen LogP contribution in [0.3, 0.4) is 0 Å². The Morgan fingerprint density at radius 3 is 1.48 bits per heavy atom. The average molecular weight is 915 g/mol. The fourth-order valence-corrected chi connectivity index (χ4v) is 5.06. The maximum atomic E-state index is 10.6. The number of rotatable bonds is 5. The fourth-order valence-electron chi connectivity index (χ4n) is 5.06. The SMILES string of the molecule is C.C.C.C.C.C.C.C.C.C[n+]1cccc(C(=O)O)c1.C[n+]1cccc(C(N)=O)c1.C[n+]1cccc2ccccc21.Cc1c(O)c(CO)c(CO)c[n+]1C.Cc1cc([N+](=O)[O-])cc(C)[n+]1C. The molecule has 0 aliphatic rings. The first-order valence-corrected chi connectivity index (χ1v) is 17.2. The van der Waals surface area contributed by atoms with Gasteiger partial charge in [0.05, 0.1) is 35.8 Å². The number of aliphatic hydroxyl groups is 2. The number of aromatic hydroxyl groups is 1. The summed E-state index contributed by atoms with van der Waals surface area (Å²) in [5.74, 6) is -1.23. The van der Waals surface area contributed by atoms with Crippen molar-refractivity contribution in [2.24, 2.45) is 41.0 Å². The van der Waals surface area contributed by atoms with E-state index in [1.807, 2.05) is 38.7 Å². The van der Waals surface area contributed by atoms with Gasteiger partial charge in [0.15, 0.2) is 54.3 Å². The maximum absolute atomic E-state index is 10.6. The first kappa shape index (κ1) is 75.6. The van der Waals surface area contributed by atoms with Crippen LogP contribution in [0, 0.1) is 30.9 Å². The van der Waals surface area contributed by atoms with Crippen LogP contribution in [0.1, 0.15) is 116 Å². The zero-order chi connectivity index (χ0) is 42.1. The second-order valence-corrected chi connectivity index (χ2v) is 12.7.